The van der Waals surface area contributed by atoms with Crippen molar-refractivity contribution in [3.8, 4) is 5.88 Å². The maximum absolute atomic E-state index is 6.14. The van der Waals surface area contributed by atoms with E-state index < -0.39 is 0 Å². The molecule has 0 aromatic carbocycles. The summed E-state index contributed by atoms with van der Waals surface area (Å²) in [5, 5.41) is 3.95. The Kier molecular flexibility index (Phi) is 5.93. The third-order valence-corrected chi connectivity index (χ3v) is 3.87. The van der Waals surface area contributed by atoms with Gasteiger partial charge in [0.15, 0.2) is 0 Å². The second-order valence-electron chi connectivity index (χ2n) is 5.09. The van der Waals surface area contributed by atoms with E-state index in [1.54, 1.807) is 0 Å². The summed E-state index contributed by atoms with van der Waals surface area (Å²) < 4.78 is 6.01. The summed E-state index contributed by atoms with van der Waals surface area (Å²) in [5.74, 6) is 0.712. The summed E-state index contributed by atoms with van der Waals surface area (Å²) >= 11 is 6.14. The molecular formula is C15H23ClN2O. The Balaban J connectivity index is 1.98. The van der Waals surface area contributed by atoms with Crippen LogP contribution in [-0.2, 0) is 6.54 Å². The summed E-state index contributed by atoms with van der Waals surface area (Å²) in [6, 6.07) is 3.76. The maximum Gasteiger partial charge on any atom is 0.213 e. The molecule has 4 heteroatoms. The van der Waals surface area contributed by atoms with E-state index in [1.807, 2.05) is 12.1 Å². The molecule has 1 heterocycles. The van der Waals surface area contributed by atoms with Crippen molar-refractivity contribution in [3.05, 3.63) is 22.8 Å². The molecule has 0 atom stereocenters. The van der Waals surface area contributed by atoms with Crippen LogP contribution in [0.4, 0.5) is 0 Å². The molecule has 3 nitrogen and oxygen atoms in total. The van der Waals surface area contributed by atoms with Gasteiger partial charge in [0, 0.05) is 12.6 Å². The minimum Gasteiger partial charge on any atom is -0.474 e. The van der Waals surface area contributed by atoms with Crippen LogP contribution in [0.1, 0.15) is 51.1 Å². The third kappa shape index (κ3) is 4.66. The SMILES string of the molecule is CCNCc1nc(OC2CCCCCC2)ccc1Cl. The second kappa shape index (κ2) is 7.71. The van der Waals surface area contributed by atoms with Crippen LogP contribution in [-0.4, -0.2) is 17.6 Å². The fraction of sp³-hybridized carbons (Fsp3) is 0.667. The zero-order valence-electron chi connectivity index (χ0n) is 11.6. The molecule has 1 aliphatic rings. The molecule has 0 saturated heterocycles. The molecule has 1 aromatic heterocycles. The van der Waals surface area contributed by atoms with Crippen LogP contribution in [0.25, 0.3) is 0 Å². The number of ether oxygens (including phenoxy) is 1. The standard InChI is InChI=1S/C15H23ClN2O/c1-2-17-11-14-13(16)9-10-15(18-14)19-12-7-5-3-4-6-8-12/h9-10,12,17H,2-8,11H2,1H3. The van der Waals surface area contributed by atoms with E-state index in [0.717, 1.165) is 25.1 Å². The Morgan fingerprint density at radius 3 is 2.68 bits per heavy atom. The van der Waals surface area contributed by atoms with Gasteiger partial charge in [0.05, 0.1) is 10.7 Å². The van der Waals surface area contributed by atoms with Gasteiger partial charge in [-0.25, -0.2) is 4.98 Å². The topological polar surface area (TPSA) is 34.2 Å². The summed E-state index contributed by atoms with van der Waals surface area (Å²) in [6.07, 6.45) is 7.81. The molecule has 0 amide bonds. The van der Waals surface area contributed by atoms with E-state index in [-0.39, 0.29) is 0 Å². The van der Waals surface area contributed by atoms with Gasteiger partial charge in [0.2, 0.25) is 5.88 Å². The molecule has 0 spiro atoms. The van der Waals surface area contributed by atoms with Crippen molar-refractivity contribution in [1.29, 1.82) is 0 Å². The molecule has 1 fully saturated rings. The lowest BCUT2D eigenvalue weighted by Crippen LogP contribution is -2.17. The van der Waals surface area contributed by atoms with Gasteiger partial charge in [-0.1, -0.05) is 31.4 Å². The highest BCUT2D eigenvalue weighted by molar-refractivity contribution is 6.31. The van der Waals surface area contributed by atoms with Gasteiger partial charge >= 0.3 is 0 Å². The fourth-order valence-corrected chi connectivity index (χ4v) is 2.60. The van der Waals surface area contributed by atoms with E-state index in [0.29, 0.717) is 23.6 Å². The minimum absolute atomic E-state index is 0.322. The van der Waals surface area contributed by atoms with Gasteiger partial charge in [-0.3, -0.25) is 0 Å². The van der Waals surface area contributed by atoms with Crippen LogP contribution in [0.5, 0.6) is 5.88 Å². The minimum atomic E-state index is 0.322. The monoisotopic (exact) mass is 282 g/mol. The number of hydrogen-bond acceptors (Lipinski definition) is 3. The van der Waals surface area contributed by atoms with Crippen molar-refractivity contribution >= 4 is 11.6 Å². The third-order valence-electron chi connectivity index (χ3n) is 3.53. The maximum atomic E-state index is 6.14. The number of nitrogens with zero attached hydrogens (tertiary/aromatic N) is 1. The smallest absolute Gasteiger partial charge is 0.213 e. The van der Waals surface area contributed by atoms with Crippen LogP contribution < -0.4 is 10.1 Å². The summed E-state index contributed by atoms with van der Waals surface area (Å²) in [5.41, 5.74) is 0.870. The number of halogens is 1. The Morgan fingerprint density at radius 2 is 2.00 bits per heavy atom. The van der Waals surface area contributed by atoms with Crippen LogP contribution >= 0.6 is 11.6 Å². The zero-order valence-corrected chi connectivity index (χ0v) is 12.4. The zero-order chi connectivity index (χ0) is 13.5. The van der Waals surface area contributed by atoms with E-state index in [1.165, 1.54) is 25.7 Å². The molecule has 0 unspecified atom stereocenters. The summed E-state index contributed by atoms with van der Waals surface area (Å²) in [7, 11) is 0. The molecule has 106 valence electrons. The van der Waals surface area contributed by atoms with Crippen LogP contribution in [0, 0.1) is 0 Å². The van der Waals surface area contributed by atoms with Crippen molar-refractivity contribution in [2.45, 2.75) is 58.1 Å². The summed E-state index contributed by atoms with van der Waals surface area (Å²) in [4.78, 5) is 4.52. The fourth-order valence-electron chi connectivity index (χ4n) is 2.43. The van der Waals surface area contributed by atoms with Crippen molar-refractivity contribution in [3.63, 3.8) is 0 Å². The van der Waals surface area contributed by atoms with E-state index in [2.05, 4.69) is 17.2 Å². The molecule has 19 heavy (non-hydrogen) atoms. The molecule has 2 rings (SSSR count). The highest BCUT2D eigenvalue weighted by Crippen LogP contribution is 2.23. The number of nitrogens with one attached hydrogen (secondary N) is 1. The molecule has 1 aliphatic carbocycles. The lowest BCUT2D eigenvalue weighted by molar-refractivity contribution is 0.176. The number of pyridine rings is 1. The first-order chi connectivity index (χ1) is 9.29. The highest BCUT2D eigenvalue weighted by atomic mass is 35.5. The predicted octanol–water partition coefficient (Wildman–Crippen LogP) is 3.95. The predicted molar refractivity (Wildman–Crippen MR) is 78.7 cm³/mol. The van der Waals surface area contributed by atoms with Crippen LogP contribution in [0.3, 0.4) is 0 Å². The number of rotatable bonds is 5. The van der Waals surface area contributed by atoms with Gasteiger partial charge < -0.3 is 10.1 Å². The van der Waals surface area contributed by atoms with Crippen LogP contribution in [0.15, 0.2) is 12.1 Å². The van der Waals surface area contributed by atoms with Gasteiger partial charge in [-0.2, -0.15) is 0 Å². The van der Waals surface area contributed by atoms with Crippen molar-refractivity contribution in [2.75, 3.05) is 6.54 Å². The molecule has 1 saturated carbocycles. The Bertz CT molecular complexity index is 390. The Labute approximate surface area is 120 Å². The highest BCUT2D eigenvalue weighted by Gasteiger charge is 2.15. The Morgan fingerprint density at radius 1 is 1.26 bits per heavy atom. The van der Waals surface area contributed by atoms with Gasteiger partial charge in [-0.05, 0) is 38.3 Å². The van der Waals surface area contributed by atoms with Crippen molar-refractivity contribution in [2.24, 2.45) is 0 Å². The van der Waals surface area contributed by atoms with Gasteiger partial charge in [0.1, 0.15) is 6.10 Å². The average Bonchev–Trinajstić information content (AvgIpc) is 2.68. The van der Waals surface area contributed by atoms with E-state index in [9.17, 15) is 0 Å². The molecule has 0 radical (unpaired) electrons. The largest absolute Gasteiger partial charge is 0.474 e. The molecule has 0 aliphatic heterocycles. The van der Waals surface area contributed by atoms with Crippen molar-refractivity contribution < 1.29 is 4.74 Å². The van der Waals surface area contributed by atoms with Gasteiger partial charge in [-0.15, -0.1) is 0 Å². The molecule has 1 N–H and O–H groups in total. The van der Waals surface area contributed by atoms with E-state index >= 15 is 0 Å². The second-order valence-corrected chi connectivity index (χ2v) is 5.50. The Hall–Kier alpha value is -0.800. The normalized spacial score (nSPS) is 17.2. The first-order valence-electron chi connectivity index (χ1n) is 7.32. The molecule has 0 bridgehead atoms. The first-order valence-corrected chi connectivity index (χ1v) is 7.70. The quantitative estimate of drug-likeness (QED) is 0.831. The lowest BCUT2D eigenvalue weighted by atomic mass is 10.1. The average molecular weight is 283 g/mol. The van der Waals surface area contributed by atoms with Crippen molar-refractivity contribution in [1.82, 2.24) is 10.3 Å². The number of aromatic nitrogens is 1. The van der Waals surface area contributed by atoms with E-state index in [4.69, 9.17) is 16.3 Å². The molecule has 1 aromatic rings. The van der Waals surface area contributed by atoms with Gasteiger partial charge in [0.25, 0.3) is 0 Å². The first kappa shape index (κ1) is 14.6. The summed E-state index contributed by atoms with van der Waals surface area (Å²) in [6.45, 7) is 3.67. The lowest BCUT2D eigenvalue weighted by Gasteiger charge is -2.17. The van der Waals surface area contributed by atoms with Crippen LogP contribution in [0.2, 0.25) is 5.02 Å². The molecular weight excluding hydrogens is 260 g/mol. The number of hydrogen-bond donors (Lipinski definition) is 1.